The Morgan fingerprint density at radius 2 is 0.530 bits per heavy atom. The third kappa shape index (κ3) is 50.3. The molecule has 0 fully saturated rings. The third-order valence-electron chi connectivity index (χ3n) is 14.4. The molecule has 0 heterocycles. The van der Waals surface area contributed by atoms with Crippen molar-refractivity contribution >= 4 is 17.9 Å². The molecular weight excluding hydrogens is 817 g/mol. The van der Waals surface area contributed by atoms with Gasteiger partial charge in [0, 0.05) is 19.3 Å². The maximum Gasteiger partial charge on any atom is 0.306 e. The molecular formula is C60H116O6. The maximum absolute atomic E-state index is 12.8. The number of hydrogen-bond acceptors (Lipinski definition) is 6. The van der Waals surface area contributed by atoms with Crippen LogP contribution in [0.5, 0.6) is 0 Å². The Morgan fingerprint density at radius 1 is 0.303 bits per heavy atom. The third-order valence-corrected chi connectivity index (χ3v) is 14.4. The van der Waals surface area contributed by atoms with Crippen LogP contribution < -0.4 is 0 Å². The summed E-state index contributed by atoms with van der Waals surface area (Å²) in [6.07, 6.45) is 53.8. The molecule has 392 valence electrons. The van der Waals surface area contributed by atoms with Gasteiger partial charge in [0.15, 0.2) is 6.10 Å². The van der Waals surface area contributed by atoms with Gasteiger partial charge < -0.3 is 14.2 Å². The van der Waals surface area contributed by atoms with Crippen molar-refractivity contribution < 1.29 is 28.6 Å². The van der Waals surface area contributed by atoms with Gasteiger partial charge in [-0.05, 0) is 37.0 Å². The van der Waals surface area contributed by atoms with Gasteiger partial charge in [0.25, 0.3) is 0 Å². The first-order chi connectivity index (χ1) is 32.2. The summed E-state index contributed by atoms with van der Waals surface area (Å²) in [5, 5.41) is 0. The Hall–Kier alpha value is -1.59. The average Bonchev–Trinajstić information content (AvgIpc) is 3.30. The van der Waals surface area contributed by atoms with Gasteiger partial charge in [0.2, 0.25) is 0 Å². The fourth-order valence-electron chi connectivity index (χ4n) is 9.11. The van der Waals surface area contributed by atoms with Crippen LogP contribution in [-0.4, -0.2) is 37.2 Å². The predicted octanol–water partition coefficient (Wildman–Crippen LogP) is 19.5. The van der Waals surface area contributed by atoms with E-state index in [9.17, 15) is 14.4 Å². The van der Waals surface area contributed by atoms with E-state index >= 15 is 0 Å². The van der Waals surface area contributed by atoms with Gasteiger partial charge in [-0.2, -0.15) is 0 Å². The predicted molar refractivity (Wildman–Crippen MR) is 284 cm³/mol. The smallest absolute Gasteiger partial charge is 0.306 e. The summed E-state index contributed by atoms with van der Waals surface area (Å²) in [6.45, 7) is 13.8. The number of esters is 3. The first kappa shape index (κ1) is 64.4. The fraction of sp³-hybridized carbons (Fsp3) is 0.950. The van der Waals surface area contributed by atoms with E-state index in [2.05, 4.69) is 41.5 Å². The molecule has 66 heavy (non-hydrogen) atoms. The van der Waals surface area contributed by atoms with Gasteiger partial charge >= 0.3 is 17.9 Å². The Labute approximate surface area is 412 Å². The van der Waals surface area contributed by atoms with E-state index in [-0.39, 0.29) is 31.1 Å². The molecule has 0 aliphatic rings. The van der Waals surface area contributed by atoms with Crippen LogP contribution in [-0.2, 0) is 28.6 Å². The molecule has 0 aromatic rings. The summed E-state index contributed by atoms with van der Waals surface area (Å²) < 4.78 is 16.9. The molecule has 0 radical (unpaired) electrons. The minimum absolute atomic E-state index is 0.0638. The summed E-state index contributed by atoms with van der Waals surface area (Å²) >= 11 is 0. The highest BCUT2D eigenvalue weighted by molar-refractivity contribution is 5.71. The summed E-state index contributed by atoms with van der Waals surface area (Å²) in [5.74, 6) is 1.74. The van der Waals surface area contributed by atoms with Gasteiger partial charge in [-0.25, -0.2) is 0 Å². The SMILES string of the molecule is CCC(C)CCCCCCCCCCCCCCCCCCCCC(=O)OC[C@H](COC(=O)CCCCCCCCCCC(C)CC)OC(=O)CCCCCCCCCCCCCC(C)C. The minimum Gasteiger partial charge on any atom is -0.462 e. The van der Waals surface area contributed by atoms with Crippen molar-refractivity contribution in [1.82, 2.24) is 0 Å². The van der Waals surface area contributed by atoms with Gasteiger partial charge in [0.05, 0.1) is 0 Å². The fourth-order valence-corrected chi connectivity index (χ4v) is 9.11. The van der Waals surface area contributed by atoms with Crippen LogP contribution in [0.4, 0.5) is 0 Å². The van der Waals surface area contributed by atoms with Crippen LogP contribution in [0, 0.1) is 17.8 Å². The molecule has 0 spiro atoms. The van der Waals surface area contributed by atoms with Crippen LogP contribution in [0.2, 0.25) is 0 Å². The second-order valence-electron chi connectivity index (χ2n) is 21.6. The number of rotatable bonds is 53. The second-order valence-corrected chi connectivity index (χ2v) is 21.6. The van der Waals surface area contributed by atoms with Crippen LogP contribution in [0.1, 0.15) is 330 Å². The maximum atomic E-state index is 12.8. The molecule has 0 N–H and O–H groups in total. The van der Waals surface area contributed by atoms with Crippen molar-refractivity contribution in [2.24, 2.45) is 17.8 Å². The first-order valence-electron chi connectivity index (χ1n) is 29.7. The lowest BCUT2D eigenvalue weighted by Gasteiger charge is -2.18. The molecule has 0 saturated heterocycles. The molecule has 0 aliphatic heterocycles. The van der Waals surface area contributed by atoms with Gasteiger partial charge in [-0.15, -0.1) is 0 Å². The number of carbonyl (C=O) groups is 3. The minimum atomic E-state index is -0.764. The molecule has 0 aliphatic carbocycles. The van der Waals surface area contributed by atoms with E-state index in [0.717, 1.165) is 75.5 Å². The van der Waals surface area contributed by atoms with Crippen molar-refractivity contribution in [2.45, 2.75) is 337 Å². The van der Waals surface area contributed by atoms with Crippen molar-refractivity contribution in [1.29, 1.82) is 0 Å². The highest BCUT2D eigenvalue weighted by Crippen LogP contribution is 2.19. The molecule has 0 rings (SSSR count). The van der Waals surface area contributed by atoms with E-state index in [4.69, 9.17) is 14.2 Å². The lowest BCUT2D eigenvalue weighted by molar-refractivity contribution is -0.167. The van der Waals surface area contributed by atoms with Crippen LogP contribution in [0.25, 0.3) is 0 Å². The largest absolute Gasteiger partial charge is 0.462 e. The van der Waals surface area contributed by atoms with E-state index in [0.29, 0.717) is 19.3 Å². The Kier molecular flexibility index (Phi) is 50.0. The summed E-state index contributed by atoms with van der Waals surface area (Å²) in [6, 6.07) is 0. The molecule has 2 unspecified atom stereocenters. The summed E-state index contributed by atoms with van der Waals surface area (Å²) in [5.41, 5.74) is 0. The lowest BCUT2D eigenvalue weighted by atomic mass is 9.99. The van der Waals surface area contributed by atoms with Crippen molar-refractivity contribution in [2.75, 3.05) is 13.2 Å². The van der Waals surface area contributed by atoms with E-state index in [1.807, 2.05) is 0 Å². The van der Waals surface area contributed by atoms with Gasteiger partial charge in [-0.1, -0.05) is 292 Å². The zero-order valence-corrected chi connectivity index (χ0v) is 45.5. The Morgan fingerprint density at radius 3 is 0.788 bits per heavy atom. The second kappa shape index (κ2) is 51.3. The molecule has 0 aromatic carbocycles. The van der Waals surface area contributed by atoms with E-state index < -0.39 is 6.10 Å². The number of ether oxygens (including phenoxy) is 3. The normalized spacial score (nSPS) is 13.0. The van der Waals surface area contributed by atoms with Crippen molar-refractivity contribution in [3.8, 4) is 0 Å². The van der Waals surface area contributed by atoms with Crippen LogP contribution in [0.3, 0.4) is 0 Å². The van der Waals surface area contributed by atoms with Gasteiger partial charge in [-0.3, -0.25) is 14.4 Å². The summed E-state index contributed by atoms with van der Waals surface area (Å²) in [4.78, 5) is 38.1. The lowest BCUT2D eigenvalue weighted by Crippen LogP contribution is -2.30. The number of unbranched alkanes of at least 4 members (excludes halogenated alkanes) is 34. The highest BCUT2D eigenvalue weighted by atomic mass is 16.6. The first-order valence-corrected chi connectivity index (χ1v) is 29.7. The molecule has 6 heteroatoms. The monoisotopic (exact) mass is 933 g/mol. The molecule has 0 saturated carbocycles. The van der Waals surface area contributed by atoms with Crippen molar-refractivity contribution in [3.63, 3.8) is 0 Å². The molecule has 0 amide bonds. The molecule has 6 nitrogen and oxygen atoms in total. The standard InChI is InChI=1S/C60H116O6/c1-7-55(5)47-41-35-29-23-19-15-13-11-9-10-12-14-16-20-24-31-37-43-49-58(61)64-52-57(53-65-59(62)50-44-38-32-27-26-30-36-42-48-56(6)8-2)66-60(63)51-45-39-33-25-21-17-18-22-28-34-40-46-54(3)4/h54-57H,7-53H2,1-6H3/t55?,56?,57-/m1/s1. The van der Waals surface area contributed by atoms with E-state index in [1.165, 1.54) is 212 Å². The molecule has 0 aromatic heterocycles. The average molecular weight is 934 g/mol. The topological polar surface area (TPSA) is 78.9 Å². The Bertz CT molecular complexity index is 1030. The number of hydrogen-bond donors (Lipinski definition) is 0. The zero-order valence-electron chi connectivity index (χ0n) is 45.5. The van der Waals surface area contributed by atoms with Crippen LogP contribution >= 0.6 is 0 Å². The van der Waals surface area contributed by atoms with Gasteiger partial charge in [0.1, 0.15) is 13.2 Å². The number of carbonyl (C=O) groups excluding carboxylic acids is 3. The molecule has 0 bridgehead atoms. The highest BCUT2D eigenvalue weighted by Gasteiger charge is 2.19. The van der Waals surface area contributed by atoms with Crippen molar-refractivity contribution in [3.05, 3.63) is 0 Å². The van der Waals surface area contributed by atoms with Crippen LogP contribution in [0.15, 0.2) is 0 Å². The molecule has 3 atom stereocenters. The zero-order chi connectivity index (χ0) is 48.4. The Balaban J connectivity index is 4.23. The van der Waals surface area contributed by atoms with E-state index in [1.54, 1.807) is 0 Å². The summed E-state index contributed by atoms with van der Waals surface area (Å²) in [7, 11) is 0. The quantitative estimate of drug-likeness (QED) is 0.0343.